The highest BCUT2D eigenvalue weighted by Crippen LogP contribution is 2.29. The molecular weight excluding hydrogens is 296 g/mol. The third-order valence-corrected chi connectivity index (χ3v) is 3.34. The van der Waals surface area contributed by atoms with Crippen LogP contribution in [0.2, 0.25) is 0 Å². The highest BCUT2D eigenvalue weighted by molar-refractivity contribution is 9.10. The van der Waals surface area contributed by atoms with E-state index in [0.29, 0.717) is 4.73 Å². The summed E-state index contributed by atoms with van der Waals surface area (Å²) >= 11 is 3.33. The van der Waals surface area contributed by atoms with E-state index in [1.807, 2.05) is 28.9 Å². The molecule has 0 saturated heterocycles. The molecule has 0 fully saturated rings. The molecule has 0 aliphatic carbocycles. The molecule has 1 aliphatic rings. The van der Waals surface area contributed by atoms with Crippen LogP contribution in [0.5, 0.6) is 5.75 Å². The lowest BCUT2D eigenvalue weighted by Gasteiger charge is -2.27. The number of aryl methyl sites for hydroxylation is 1. The molecule has 0 saturated carbocycles. The molecule has 0 radical (unpaired) electrons. The fraction of sp³-hybridized carbons (Fsp3) is 0.333. The van der Waals surface area contributed by atoms with Crippen molar-refractivity contribution in [3.63, 3.8) is 0 Å². The van der Waals surface area contributed by atoms with Gasteiger partial charge in [0.05, 0.1) is 7.11 Å². The molecule has 6 heteroatoms. The van der Waals surface area contributed by atoms with Crippen LogP contribution in [0.15, 0.2) is 29.0 Å². The Morgan fingerprint density at radius 1 is 1.22 bits per heavy atom. The summed E-state index contributed by atoms with van der Waals surface area (Å²) in [7, 11) is 1.67. The van der Waals surface area contributed by atoms with E-state index in [1.54, 1.807) is 7.11 Å². The first kappa shape index (κ1) is 11.5. The molecule has 1 aliphatic heterocycles. The van der Waals surface area contributed by atoms with Gasteiger partial charge in [-0.2, -0.15) is 4.98 Å². The molecule has 0 spiro atoms. The molecular formula is C12H13BrN4O. The van der Waals surface area contributed by atoms with Gasteiger partial charge in [0.15, 0.2) is 0 Å². The Morgan fingerprint density at radius 3 is 2.72 bits per heavy atom. The first-order chi connectivity index (χ1) is 8.78. The summed E-state index contributed by atoms with van der Waals surface area (Å²) in [6, 6.07) is 7.99. The van der Waals surface area contributed by atoms with E-state index in [-0.39, 0.29) is 0 Å². The van der Waals surface area contributed by atoms with E-state index in [2.05, 4.69) is 30.9 Å². The second-order valence-corrected chi connectivity index (χ2v) is 4.82. The molecule has 0 N–H and O–H groups in total. The highest BCUT2D eigenvalue weighted by atomic mass is 79.9. The zero-order chi connectivity index (χ0) is 12.5. The Morgan fingerprint density at radius 2 is 2.00 bits per heavy atom. The van der Waals surface area contributed by atoms with E-state index in [9.17, 15) is 0 Å². The average Bonchev–Trinajstić information content (AvgIpc) is 2.79. The van der Waals surface area contributed by atoms with Crippen LogP contribution in [0.25, 0.3) is 0 Å². The zero-order valence-corrected chi connectivity index (χ0v) is 11.6. The third kappa shape index (κ3) is 1.96. The predicted molar refractivity (Wildman–Crippen MR) is 72.3 cm³/mol. The lowest BCUT2D eigenvalue weighted by Crippen LogP contribution is -2.28. The fourth-order valence-corrected chi connectivity index (χ4v) is 2.49. The minimum atomic E-state index is 0.637. The van der Waals surface area contributed by atoms with Crippen molar-refractivity contribution in [2.75, 3.05) is 18.6 Å². The molecule has 18 heavy (non-hydrogen) atoms. The summed E-state index contributed by atoms with van der Waals surface area (Å²) in [5, 5.41) is 4.32. The molecule has 0 unspecified atom stereocenters. The van der Waals surface area contributed by atoms with Gasteiger partial charge in [-0.25, -0.2) is 4.68 Å². The van der Waals surface area contributed by atoms with Crippen molar-refractivity contribution in [3.8, 4) is 5.75 Å². The highest BCUT2D eigenvalue weighted by Gasteiger charge is 2.21. The molecule has 3 rings (SSSR count). The molecule has 2 aromatic rings. The monoisotopic (exact) mass is 308 g/mol. The molecule has 1 aromatic heterocycles. The van der Waals surface area contributed by atoms with Crippen molar-refractivity contribution in [1.29, 1.82) is 0 Å². The van der Waals surface area contributed by atoms with Crippen LogP contribution < -0.4 is 9.64 Å². The second kappa shape index (κ2) is 4.61. The molecule has 0 atom stereocenters. The van der Waals surface area contributed by atoms with E-state index in [4.69, 9.17) is 4.74 Å². The van der Waals surface area contributed by atoms with Crippen LogP contribution in [0.4, 0.5) is 11.6 Å². The van der Waals surface area contributed by atoms with E-state index in [1.165, 1.54) is 0 Å². The number of rotatable bonds is 2. The number of halogens is 1. The summed E-state index contributed by atoms with van der Waals surface area (Å²) in [5.41, 5.74) is 1.11. The summed E-state index contributed by atoms with van der Waals surface area (Å²) in [5.74, 6) is 1.75. The predicted octanol–water partition coefficient (Wildman–Crippen LogP) is 2.59. The van der Waals surface area contributed by atoms with Crippen molar-refractivity contribution in [3.05, 3.63) is 29.0 Å². The Balaban J connectivity index is 1.97. The minimum Gasteiger partial charge on any atom is -0.497 e. The number of fused-ring (bicyclic) bond motifs is 1. The summed E-state index contributed by atoms with van der Waals surface area (Å²) in [6.45, 7) is 1.87. The molecule has 94 valence electrons. The van der Waals surface area contributed by atoms with Gasteiger partial charge < -0.3 is 9.64 Å². The third-order valence-electron chi connectivity index (χ3n) is 3.00. The van der Waals surface area contributed by atoms with Gasteiger partial charge in [0.1, 0.15) is 5.75 Å². The van der Waals surface area contributed by atoms with Gasteiger partial charge in [0.25, 0.3) is 0 Å². The van der Waals surface area contributed by atoms with Gasteiger partial charge in [-0.05, 0) is 46.6 Å². The Bertz CT molecular complexity index is 552. The number of benzene rings is 1. The minimum absolute atomic E-state index is 0.637. The molecule has 2 heterocycles. The Kier molecular flexibility index (Phi) is 2.95. The van der Waals surface area contributed by atoms with Crippen LogP contribution in [-0.2, 0) is 6.54 Å². The lowest BCUT2D eigenvalue weighted by molar-refractivity contribution is 0.415. The molecule has 0 bridgehead atoms. The average molecular weight is 309 g/mol. The van der Waals surface area contributed by atoms with Crippen LogP contribution in [-0.4, -0.2) is 28.4 Å². The number of nitrogens with zero attached hydrogens (tertiary/aromatic N) is 4. The molecule has 1 aromatic carbocycles. The van der Waals surface area contributed by atoms with Crippen molar-refractivity contribution < 1.29 is 4.74 Å². The van der Waals surface area contributed by atoms with Gasteiger partial charge in [0.2, 0.25) is 10.7 Å². The summed E-state index contributed by atoms with van der Waals surface area (Å²) in [4.78, 5) is 6.58. The standard InChI is InChI=1S/C12H13BrN4O/c1-18-10-5-3-9(4-6-10)16-7-2-8-17-12(16)14-11(13)15-17/h3-6H,2,7-8H2,1H3. The van der Waals surface area contributed by atoms with Crippen LogP contribution in [0.1, 0.15) is 6.42 Å². The Hall–Kier alpha value is -1.56. The molecule has 0 amide bonds. The topological polar surface area (TPSA) is 43.2 Å². The second-order valence-electron chi connectivity index (χ2n) is 4.11. The van der Waals surface area contributed by atoms with Crippen LogP contribution in [0.3, 0.4) is 0 Å². The van der Waals surface area contributed by atoms with Crippen LogP contribution in [0, 0.1) is 0 Å². The molecule has 5 nitrogen and oxygen atoms in total. The van der Waals surface area contributed by atoms with Gasteiger partial charge in [0, 0.05) is 18.8 Å². The van der Waals surface area contributed by atoms with Gasteiger partial charge in [-0.3, -0.25) is 0 Å². The van der Waals surface area contributed by atoms with Crippen molar-refractivity contribution in [1.82, 2.24) is 14.8 Å². The number of methoxy groups -OCH3 is 1. The van der Waals surface area contributed by atoms with Crippen molar-refractivity contribution in [2.24, 2.45) is 0 Å². The van der Waals surface area contributed by atoms with Gasteiger partial charge in [-0.1, -0.05) is 0 Å². The van der Waals surface area contributed by atoms with E-state index >= 15 is 0 Å². The van der Waals surface area contributed by atoms with E-state index in [0.717, 1.165) is 36.9 Å². The number of ether oxygens (including phenoxy) is 1. The number of hydrogen-bond donors (Lipinski definition) is 0. The van der Waals surface area contributed by atoms with Crippen molar-refractivity contribution in [2.45, 2.75) is 13.0 Å². The van der Waals surface area contributed by atoms with Gasteiger partial charge >= 0.3 is 0 Å². The SMILES string of the molecule is COc1ccc(N2CCCn3nc(Br)nc32)cc1. The maximum absolute atomic E-state index is 5.17. The maximum atomic E-state index is 5.17. The number of anilines is 2. The lowest BCUT2D eigenvalue weighted by atomic mass is 10.2. The normalized spacial score (nSPS) is 14.4. The number of hydrogen-bond acceptors (Lipinski definition) is 4. The van der Waals surface area contributed by atoms with Crippen LogP contribution >= 0.6 is 15.9 Å². The number of aromatic nitrogens is 3. The smallest absolute Gasteiger partial charge is 0.229 e. The first-order valence-corrected chi connectivity index (χ1v) is 6.59. The zero-order valence-electron chi connectivity index (χ0n) is 10.0. The van der Waals surface area contributed by atoms with Crippen molar-refractivity contribution >= 4 is 27.6 Å². The summed E-state index contributed by atoms with van der Waals surface area (Å²) in [6.07, 6.45) is 1.06. The van der Waals surface area contributed by atoms with E-state index < -0.39 is 0 Å². The first-order valence-electron chi connectivity index (χ1n) is 5.80. The largest absolute Gasteiger partial charge is 0.497 e. The Labute approximate surface area is 114 Å². The fourth-order valence-electron chi connectivity index (χ4n) is 2.14. The maximum Gasteiger partial charge on any atom is 0.229 e. The summed E-state index contributed by atoms with van der Waals surface area (Å²) < 4.78 is 7.74. The van der Waals surface area contributed by atoms with Gasteiger partial charge in [-0.15, -0.1) is 5.10 Å². The quantitative estimate of drug-likeness (QED) is 0.855.